The molecule has 0 aromatic carbocycles. The number of carbonyl (C=O) groups is 2. The Labute approximate surface area is 118 Å². The van der Waals surface area contributed by atoms with Gasteiger partial charge >= 0.3 is 11.9 Å². The van der Waals surface area contributed by atoms with Crippen LogP contribution in [0.1, 0.15) is 39.5 Å². The summed E-state index contributed by atoms with van der Waals surface area (Å²) in [5.74, 6) is 1.73. The lowest BCUT2D eigenvalue weighted by atomic mass is 10.4. The highest BCUT2D eigenvalue weighted by atomic mass is 32.2. The monoisotopic (exact) mass is 289 g/mol. The molecule has 0 aliphatic heterocycles. The average Bonchev–Trinajstić information content (AvgIpc) is 2.41. The van der Waals surface area contributed by atoms with E-state index in [4.69, 9.17) is 4.74 Å². The van der Waals surface area contributed by atoms with Gasteiger partial charge in [-0.2, -0.15) is 0 Å². The smallest absolute Gasteiger partial charge is 0.359 e. The molecule has 0 unspecified atom stereocenters. The molecule has 0 amide bonds. The molecular weight excluding hydrogens is 264 g/mol. The Morgan fingerprint density at radius 1 is 1.11 bits per heavy atom. The Bertz CT molecular complexity index is 271. The number of rotatable bonds is 11. The first-order valence-corrected chi connectivity index (χ1v) is 8.46. The normalized spacial score (nSPS) is 10.3. The van der Waals surface area contributed by atoms with Gasteiger partial charge in [-0.1, -0.05) is 33.3 Å². The van der Waals surface area contributed by atoms with Gasteiger partial charge in [0.05, 0.1) is 0 Å². The fourth-order valence-electron chi connectivity index (χ4n) is 1.36. The topological polar surface area (TPSA) is 52.6 Å². The Balaban J connectivity index is 3.92. The summed E-state index contributed by atoms with van der Waals surface area (Å²) in [5, 5.41) is 0. The molecule has 0 aromatic heterocycles. The second-order valence-corrected chi connectivity index (χ2v) is 6.50. The molecule has 0 saturated heterocycles. The zero-order valence-electron chi connectivity index (χ0n) is 12.0. The Kier molecular flexibility index (Phi) is 11.5. The fourth-order valence-corrected chi connectivity index (χ4v) is 3.67. The second kappa shape index (κ2) is 12.1. The van der Waals surface area contributed by atoms with Crippen molar-refractivity contribution < 1.29 is 19.1 Å². The molecule has 0 aliphatic rings. The first-order chi connectivity index (χ1) is 9.13. The minimum atomic E-state index is -0.580. The molecule has 0 saturated carbocycles. The Hall–Kier alpha value is -0.970. The van der Waals surface area contributed by atoms with Crippen molar-refractivity contribution in [1.82, 2.24) is 0 Å². The van der Waals surface area contributed by atoms with E-state index >= 15 is 0 Å². The molecule has 0 aliphatic carbocycles. The zero-order chi connectivity index (χ0) is 14.5. The first-order valence-electron chi connectivity index (χ1n) is 6.72. The Morgan fingerprint density at radius 3 is 2.16 bits per heavy atom. The van der Waals surface area contributed by atoms with Crippen molar-refractivity contribution in [2.75, 3.05) is 24.1 Å². The summed E-state index contributed by atoms with van der Waals surface area (Å²) < 4.78 is 9.49. The molecule has 0 N–H and O–H groups in total. The van der Waals surface area contributed by atoms with Gasteiger partial charge in [-0.25, -0.2) is 9.59 Å². The summed E-state index contributed by atoms with van der Waals surface area (Å²) >= 11 is 0. The maximum atomic E-state index is 11.6. The molecule has 0 rings (SSSR count). The van der Waals surface area contributed by atoms with Crippen molar-refractivity contribution >= 4 is 22.8 Å². The molecule has 0 atom stereocenters. The molecule has 110 valence electrons. The van der Waals surface area contributed by atoms with Crippen molar-refractivity contribution in [2.45, 2.75) is 39.5 Å². The van der Waals surface area contributed by atoms with Crippen LogP contribution in [0.25, 0.3) is 0 Å². The number of hydrogen-bond donors (Lipinski definition) is 0. The molecule has 19 heavy (non-hydrogen) atoms. The van der Waals surface area contributed by atoms with Crippen LogP contribution in [0.3, 0.4) is 0 Å². The van der Waals surface area contributed by atoms with Crippen molar-refractivity contribution in [3.63, 3.8) is 0 Å². The highest BCUT2D eigenvalue weighted by molar-refractivity contribution is 7.97. The van der Waals surface area contributed by atoms with Gasteiger partial charge in [0.15, 0.2) is 0 Å². The second-order valence-electron chi connectivity index (χ2n) is 4.17. The lowest BCUT2D eigenvalue weighted by Crippen LogP contribution is -2.25. The van der Waals surface area contributed by atoms with Crippen LogP contribution >= 0.6 is 0 Å². The van der Waals surface area contributed by atoms with Crippen molar-refractivity contribution in [2.24, 2.45) is 0 Å². The van der Waals surface area contributed by atoms with E-state index in [9.17, 15) is 9.59 Å². The van der Waals surface area contributed by atoms with Crippen LogP contribution in [-0.4, -0.2) is 36.0 Å². The lowest BCUT2D eigenvalue weighted by molar-refractivity contribution is -0.161. The van der Waals surface area contributed by atoms with Crippen molar-refractivity contribution in [1.29, 1.82) is 0 Å². The van der Waals surface area contributed by atoms with Crippen LogP contribution in [0.4, 0.5) is 0 Å². The molecule has 0 spiro atoms. The average molecular weight is 289 g/mol. The van der Waals surface area contributed by atoms with Crippen LogP contribution in [0.2, 0.25) is 0 Å². The minimum absolute atomic E-state index is 0.0945. The lowest BCUT2D eigenvalue weighted by Gasteiger charge is -2.08. The summed E-state index contributed by atoms with van der Waals surface area (Å²) in [6.45, 7) is 7.24. The summed E-state index contributed by atoms with van der Waals surface area (Å²) in [6, 6.07) is 0. The maximum Gasteiger partial charge on any atom is 0.359 e. The largest absolute Gasteiger partial charge is 0.425 e. The molecule has 0 radical (unpaired) electrons. The first kappa shape index (κ1) is 18.0. The SMILES string of the molecule is C=CC(=O)OCOC(=O)C[S+](CCCC)CCCC. The molecular formula is C14H25O4S+. The van der Waals surface area contributed by atoms with E-state index in [1.54, 1.807) is 0 Å². The predicted molar refractivity (Wildman–Crippen MR) is 79.0 cm³/mol. The van der Waals surface area contributed by atoms with E-state index in [1.165, 1.54) is 0 Å². The Morgan fingerprint density at radius 2 is 1.68 bits per heavy atom. The summed E-state index contributed by atoms with van der Waals surface area (Å²) in [5.41, 5.74) is 0. The highest BCUT2D eigenvalue weighted by Crippen LogP contribution is 2.06. The van der Waals surface area contributed by atoms with E-state index in [-0.39, 0.29) is 23.7 Å². The summed E-state index contributed by atoms with van der Waals surface area (Å²) in [7, 11) is 0.0945. The van der Waals surface area contributed by atoms with Crippen LogP contribution in [0.15, 0.2) is 12.7 Å². The molecule has 0 aromatic rings. The standard InChI is InChI=1S/C14H25O4S/c1-4-7-9-19(10-8-5-2)11-14(16)18-12-17-13(15)6-3/h6H,3-5,7-12H2,1-2H3/q+1. The van der Waals surface area contributed by atoms with Gasteiger partial charge in [0.1, 0.15) is 11.5 Å². The minimum Gasteiger partial charge on any atom is -0.425 e. The van der Waals surface area contributed by atoms with E-state index in [2.05, 4.69) is 25.2 Å². The van der Waals surface area contributed by atoms with Gasteiger partial charge in [-0.05, 0) is 23.7 Å². The number of carbonyl (C=O) groups excluding carboxylic acids is 2. The van der Waals surface area contributed by atoms with Gasteiger partial charge in [0, 0.05) is 6.08 Å². The van der Waals surface area contributed by atoms with Gasteiger partial charge < -0.3 is 9.47 Å². The van der Waals surface area contributed by atoms with E-state index < -0.39 is 5.97 Å². The summed E-state index contributed by atoms with van der Waals surface area (Å²) in [4.78, 5) is 22.4. The molecule has 5 heteroatoms. The van der Waals surface area contributed by atoms with Crippen molar-refractivity contribution in [3.8, 4) is 0 Å². The van der Waals surface area contributed by atoms with Crippen LogP contribution < -0.4 is 0 Å². The fraction of sp³-hybridized carbons (Fsp3) is 0.714. The van der Waals surface area contributed by atoms with Crippen LogP contribution in [-0.2, 0) is 30.0 Å². The third-order valence-electron chi connectivity index (χ3n) is 2.48. The molecule has 0 heterocycles. The predicted octanol–water partition coefficient (Wildman–Crippen LogP) is 2.43. The van der Waals surface area contributed by atoms with Gasteiger partial charge in [-0.3, -0.25) is 0 Å². The summed E-state index contributed by atoms with van der Waals surface area (Å²) in [6.07, 6.45) is 5.61. The van der Waals surface area contributed by atoms with E-state index in [1.807, 2.05) is 0 Å². The molecule has 0 fully saturated rings. The molecule has 4 nitrogen and oxygen atoms in total. The third-order valence-corrected chi connectivity index (χ3v) is 4.86. The quantitative estimate of drug-likeness (QED) is 0.254. The number of unbranched alkanes of at least 4 members (excludes halogenated alkanes) is 2. The maximum absolute atomic E-state index is 11.6. The van der Waals surface area contributed by atoms with Gasteiger partial charge in [0.25, 0.3) is 0 Å². The zero-order valence-corrected chi connectivity index (χ0v) is 12.8. The molecule has 0 bridgehead atoms. The van der Waals surface area contributed by atoms with Gasteiger partial charge in [0.2, 0.25) is 12.5 Å². The third kappa shape index (κ3) is 10.6. The van der Waals surface area contributed by atoms with Crippen LogP contribution in [0, 0.1) is 0 Å². The number of hydrogen-bond acceptors (Lipinski definition) is 4. The van der Waals surface area contributed by atoms with Gasteiger partial charge in [-0.15, -0.1) is 0 Å². The number of ether oxygens (including phenoxy) is 2. The van der Waals surface area contributed by atoms with Crippen molar-refractivity contribution in [3.05, 3.63) is 12.7 Å². The van der Waals surface area contributed by atoms with E-state index in [0.29, 0.717) is 5.75 Å². The van der Waals surface area contributed by atoms with E-state index in [0.717, 1.165) is 43.3 Å². The number of esters is 2. The highest BCUT2D eigenvalue weighted by Gasteiger charge is 2.22. The van der Waals surface area contributed by atoms with Crippen LogP contribution in [0.5, 0.6) is 0 Å².